The quantitative estimate of drug-likeness (QED) is 0.715. The minimum atomic E-state index is 0.162. The van der Waals surface area contributed by atoms with Gasteiger partial charge in [0.2, 0.25) is 0 Å². The highest BCUT2D eigenvalue weighted by Crippen LogP contribution is 2.13. The summed E-state index contributed by atoms with van der Waals surface area (Å²) in [6, 6.07) is 13.8. The van der Waals surface area contributed by atoms with Crippen molar-refractivity contribution in [1.82, 2.24) is 0 Å². The first kappa shape index (κ1) is 15.4. The zero-order valence-corrected chi connectivity index (χ0v) is 12.0. The standard InChI is InChI=1S/C17H17N3O2/c18-15(11-19-9-13-5-1-3-7-16(13)21)12-20-10-14-6-2-4-8-17(14)22/h1-10,18,21-22H,11-12H2. The summed E-state index contributed by atoms with van der Waals surface area (Å²) >= 11 is 0. The molecule has 0 radical (unpaired) electrons. The van der Waals surface area contributed by atoms with E-state index in [9.17, 15) is 10.2 Å². The Bertz CT molecular complexity index is 649. The summed E-state index contributed by atoms with van der Waals surface area (Å²) in [5.41, 5.74) is 1.58. The number of hydrogen-bond acceptors (Lipinski definition) is 5. The average molecular weight is 295 g/mol. The maximum atomic E-state index is 9.58. The van der Waals surface area contributed by atoms with Crippen molar-refractivity contribution in [3.05, 3.63) is 59.7 Å². The number of nitrogens with zero attached hydrogens (tertiary/aromatic N) is 2. The number of aliphatic imine (C=N–C) groups is 2. The van der Waals surface area contributed by atoms with Crippen molar-refractivity contribution in [3.8, 4) is 11.5 Å². The minimum absolute atomic E-state index is 0.162. The highest BCUT2D eigenvalue weighted by molar-refractivity contribution is 5.91. The molecule has 0 saturated carbocycles. The van der Waals surface area contributed by atoms with Gasteiger partial charge in [-0.3, -0.25) is 9.98 Å². The van der Waals surface area contributed by atoms with Crippen molar-refractivity contribution in [3.63, 3.8) is 0 Å². The number of para-hydroxylation sites is 2. The summed E-state index contributed by atoms with van der Waals surface area (Å²) in [7, 11) is 0. The van der Waals surface area contributed by atoms with Crippen LogP contribution in [0.1, 0.15) is 11.1 Å². The molecule has 0 heterocycles. The maximum Gasteiger partial charge on any atom is 0.124 e. The number of phenols is 2. The number of benzene rings is 2. The fourth-order valence-electron chi connectivity index (χ4n) is 1.75. The molecule has 2 aromatic rings. The predicted molar refractivity (Wildman–Crippen MR) is 88.9 cm³/mol. The van der Waals surface area contributed by atoms with Gasteiger partial charge >= 0.3 is 0 Å². The van der Waals surface area contributed by atoms with Crippen LogP contribution in [0.5, 0.6) is 11.5 Å². The Labute approximate surface area is 128 Å². The van der Waals surface area contributed by atoms with Gasteiger partial charge in [-0.25, -0.2) is 0 Å². The molecule has 0 bridgehead atoms. The fourth-order valence-corrected chi connectivity index (χ4v) is 1.75. The lowest BCUT2D eigenvalue weighted by molar-refractivity contribution is 0.474. The van der Waals surface area contributed by atoms with Gasteiger partial charge in [0.25, 0.3) is 0 Å². The van der Waals surface area contributed by atoms with E-state index in [2.05, 4.69) is 9.98 Å². The second-order valence-electron chi connectivity index (χ2n) is 4.66. The Morgan fingerprint density at radius 1 is 0.818 bits per heavy atom. The summed E-state index contributed by atoms with van der Waals surface area (Å²) in [5.74, 6) is 0.325. The van der Waals surface area contributed by atoms with Gasteiger partial charge in [0.05, 0.1) is 18.8 Å². The molecular formula is C17H17N3O2. The SMILES string of the molecule is N=C(CN=Cc1ccccc1O)CN=Cc1ccccc1O. The first-order valence-corrected chi connectivity index (χ1v) is 6.79. The molecule has 2 aromatic carbocycles. The monoisotopic (exact) mass is 295 g/mol. The lowest BCUT2D eigenvalue weighted by Gasteiger charge is -1.99. The van der Waals surface area contributed by atoms with Crippen molar-refractivity contribution in [2.75, 3.05) is 13.1 Å². The van der Waals surface area contributed by atoms with Crippen molar-refractivity contribution in [1.29, 1.82) is 5.41 Å². The van der Waals surface area contributed by atoms with E-state index in [1.807, 2.05) is 12.1 Å². The summed E-state index contributed by atoms with van der Waals surface area (Å²) in [4.78, 5) is 8.23. The van der Waals surface area contributed by atoms with Gasteiger partial charge in [-0.05, 0) is 24.3 Å². The zero-order chi connectivity index (χ0) is 15.8. The van der Waals surface area contributed by atoms with Gasteiger partial charge in [0.15, 0.2) is 0 Å². The Morgan fingerprint density at radius 3 is 1.64 bits per heavy atom. The molecule has 0 saturated heterocycles. The van der Waals surface area contributed by atoms with Crippen molar-refractivity contribution in [2.24, 2.45) is 9.98 Å². The minimum Gasteiger partial charge on any atom is -0.507 e. The van der Waals surface area contributed by atoms with Crippen LogP contribution < -0.4 is 0 Å². The second-order valence-corrected chi connectivity index (χ2v) is 4.66. The molecule has 0 aliphatic heterocycles. The van der Waals surface area contributed by atoms with Crippen LogP contribution in [-0.4, -0.2) is 41.4 Å². The van der Waals surface area contributed by atoms with Crippen LogP contribution in [-0.2, 0) is 0 Å². The van der Waals surface area contributed by atoms with E-state index in [0.29, 0.717) is 16.8 Å². The smallest absolute Gasteiger partial charge is 0.124 e. The Balaban J connectivity index is 1.84. The van der Waals surface area contributed by atoms with Crippen LogP contribution in [0.25, 0.3) is 0 Å². The fraction of sp³-hybridized carbons (Fsp3) is 0.118. The van der Waals surface area contributed by atoms with Crippen LogP contribution in [0, 0.1) is 5.41 Å². The molecule has 22 heavy (non-hydrogen) atoms. The van der Waals surface area contributed by atoms with Crippen molar-refractivity contribution >= 4 is 18.1 Å². The van der Waals surface area contributed by atoms with E-state index in [0.717, 1.165) is 0 Å². The molecule has 5 heteroatoms. The first-order chi connectivity index (χ1) is 10.7. The summed E-state index contributed by atoms with van der Waals surface area (Å²) < 4.78 is 0. The third-order valence-electron chi connectivity index (χ3n) is 2.90. The van der Waals surface area contributed by atoms with Gasteiger partial charge in [-0.15, -0.1) is 0 Å². The molecule has 5 nitrogen and oxygen atoms in total. The number of nitrogens with one attached hydrogen (secondary N) is 1. The van der Waals surface area contributed by atoms with Gasteiger partial charge in [0.1, 0.15) is 11.5 Å². The summed E-state index contributed by atoms with van der Waals surface area (Å²) in [6.07, 6.45) is 3.08. The van der Waals surface area contributed by atoms with E-state index >= 15 is 0 Å². The average Bonchev–Trinajstić information content (AvgIpc) is 2.51. The Morgan fingerprint density at radius 2 is 1.23 bits per heavy atom. The van der Waals surface area contributed by atoms with E-state index in [1.54, 1.807) is 36.4 Å². The Hall–Kier alpha value is -2.95. The van der Waals surface area contributed by atoms with Crippen LogP contribution in [0.2, 0.25) is 0 Å². The van der Waals surface area contributed by atoms with Crippen molar-refractivity contribution < 1.29 is 10.2 Å². The van der Waals surface area contributed by atoms with Crippen LogP contribution in [0.15, 0.2) is 58.5 Å². The van der Waals surface area contributed by atoms with Crippen LogP contribution in [0.4, 0.5) is 0 Å². The molecule has 0 spiro atoms. The van der Waals surface area contributed by atoms with E-state index in [1.165, 1.54) is 12.4 Å². The third kappa shape index (κ3) is 4.56. The van der Waals surface area contributed by atoms with Gasteiger partial charge < -0.3 is 15.6 Å². The second kappa shape index (κ2) is 7.73. The van der Waals surface area contributed by atoms with Gasteiger partial charge in [0, 0.05) is 23.6 Å². The first-order valence-electron chi connectivity index (χ1n) is 6.79. The van der Waals surface area contributed by atoms with Crippen LogP contribution >= 0.6 is 0 Å². The number of phenolic OH excluding ortho intramolecular Hbond substituents is 2. The molecular weight excluding hydrogens is 278 g/mol. The Kier molecular flexibility index (Phi) is 5.43. The number of aromatic hydroxyl groups is 2. The maximum absolute atomic E-state index is 9.58. The molecule has 0 unspecified atom stereocenters. The van der Waals surface area contributed by atoms with Crippen molar-refractivity contribution in [2.45, 2.75) is 0 Å². The molecule has 0 amide bonds. The number of hydrogen-bond donors (Lipinski definition) is 3. The summed E-state index contributed by atoms with van der Waals surface area (Å²) in [5, 5.41) is 26.9. The highest BCUT2D eigenvalue weighted by atomic mass is 16.3. The molecule has 0 aromatic heterocycles. The largest absolute Gasteiger partial charge is 0.507 e. The molecule has 0 fully saturated rings. The van der Waals surface area contributed by atoms with E-state index in [-0.39, 0.29) is 24.6 Å². The third-order valence-corrected chi connectivity index (χ3v) is 2.90. The zero-order valence-electron chi connectivity index (χ0n) is 12.0. The van der Waals surface area contributed by atoms with Gasteiger partial charge in [-0.1, -0.05) is 24.3 Å². The molecule has 0 atom stereocenters. The molecule has 3 N–H and O–H groups in total. The van der Waals surface area contributed by atoms with E-state index in [4.69, 9.17) is 5.41 Å². The lowest BCUT2D eigenvalue weighted by atomic mass is 10.2. The highest BCUT2D eigenvalue weighted by Gasteiger charge is 1.97. The lowest BCUT2D eigenvalue weighted by Crippen LogP contribution is -2.06. The molecule has 2 rings (SSSR count). The molecule has 0 aliphatic rings. The predicted octanol–water partition coefficient (Wildman–Crippen LogP) is 2.66. The van der Waals surface area contributed by atoms with Crippen LogP contribution in [0.3, 0.4) is 0 Å². The number of rotatable bonds is 6. The molecule has 112 valence electrons. The van der Waals surface area contributed by atoms with E-state index < -0.39 is 0 Å². The summed E-state index contributed by atoms with van der Waals surface area (Å²) in [6.45, 7) is 0.429. The topological polar surface area (TPSA) is 89.0 Å². The molecule has 0 aliphatic carbocycles. The normalized spacial score (nSPS) is 11.3. The van der Waals surface area contributed by atoms with Gasteiger partial charge in [-0.2, -0.15) is 0 Å².